The number of hydrogen-bond donors (Lipinski definition) is 12. The number of phosphoric ester groups is 2. The minimum atomic E-state index is -5.75. The summed E-state index contributed by atoms with van der Waals surface area (Å²) in [6, 6.07) is 0. The maximum absolute atomic E-state index is 13.7. The highest BCUT2D eigenvalue weighted by molar-refractivity contribution is 7.72. The molecule has 40 heteroatoms. The number of aliphatic hydroxyl groups is 2. The molecule has 2 aliphatic rings. The molecule has 4 rings (SSSR count). The SMILES string of the molecule is CC1[C@@H](O)[C@@H](OP(=O)(O)OP(=O)(O)OP(=O)(O)O)O[C@H]1n1cc(F)c(=S)[nH]c1=S.CC1[C@@H](O)[C@@H](OP(=O)(O)OP(=O)(O)OP(=O)(O)O)O[C@H]1n1cc(F)c(N)nc1=S. The van der Waals surface area contributed by atoms with Crippen molar-refractivity contribution in [3.05, 3.63) is 38.2 Å². The van der Waals surface area contributed by atoms with E-state index in [2.05, 4.69) is 48.5 Å². The van der Waals surface area contributed by atoms with Crippen molar-refractivity contribution in [1.29, 1.82) is 0 Å². The monoisotopic (exact) mass is 1020 g/mol. The normalized spacial score (nSPS) is 29.3. The first kappa shape index (κ1) is 51.5. The van der Waals surface area contributed by atoms with Crippen LogP contribution in [0.25, 0.3) is 0 Å². The number of H-pyrrole nitrogens is 1. The number of nitrogens with zero attached hydrogens (tertiary/aromatic N) is 3. The summed E-state index contributed by atoms with van der Waals surface area (Å²) in [7, 11) is -33.8. The molecule has 4 heterocycles. The van der Waals surface area contributed by atoms with Gasteiger partial charge in [-0.3, -0.25) is 18.2 Å². The zero-order valence-electron chi connectivity index (χ0n) is 28.0. The number of nitrogen functional groups attached to an aromatic ring is 1. The summed E-state index contributed by atoms with van der Waals surface area (Å²) in [5.74, 6) is -4.20. The molecule has 2 aliphatic heterocycles. The van der Waals surface area contributed by atoms with Crippen LogP contribution in [0.15, 0.2) is 12.4 Å². The number of nitrogens with one attached hydrogen (secondary N) is 1. The van der Waals surface area contributed by atoms with Gasteiger partial charge in [0, 0.05) is 24.2 Å². The van der Waals surface area contributed by atoms with Gasteiger partial charge in [0.25, 0.3) is 0 Å². The average molecular weight is 1020 g/mol. The van der Waals surface area contributed by atoms with Crippen molar-refractivity contribution in [2.45, 2.75) is 51.1 Å². The second kappa shape index (κ2) is 18.9. The van der Waals surface area contributed by atoms with Gasteiger partial charge in [0.15, 0.2) is 34.8 Å². The molecule has 29 nitrogen and oxygen atoms in total. The molecule has 2 aromatic rings. The van der Waals surface area contributed by atoms with Gasteiger partial charge in [0.2, 0.25) is 4.77 Å². The van der Waals surface area contributed by atoms with E-state index in [1.807, 2.05) is 0 Å². The molecule has 0 aromatic carbocycles. The van der Waals surface area contributed by atoms with Gasteiger partial charge < -0.3 is 69.6 Å². The Bertz CT molecular complexity index is 2340. The predicted molar refractivity (Wildman–Crippen MR) is 186 cm³/mol. The lowest BCUT2D eigenvalue weighted by Gasteiger charge is -2.21. The van der Waals surface area contributed by atoms with Crippen molar-refractivity contribution < 1.29 is 121 Å². The van der Waals surface area contributed by atoms with Crippen LogP contribution in [0.1, 0.15) is 26.3 Å². The number of phosphoric acid groups is 6. The van der Waals surface area contributed by atoms with Gasteiger partial charge in [-0.05, 0) is 24.4 Å². The van der Waals surface area contributed by atoms with Gasteiger partial charge in [-0.25, -0.2) is 36.2 Å². The third-order valence-corrected chi connectivity index (χ3v) is 15.3. The van der Waals surface area contributed by atoms with Crippen LogP contribution in [-0.4, -0.2) is 93.3 Å². The van der Waals surface area contributed by atoms with Gasteiger partial charge in [0.05, 0.1) is 0 Å². The summed E-state index contributed by atoms with van der Waals surface area (Å²) < 4.78 is 130. The lowest BCUT2D eigenvalue weighted by Crippen LogP contribution is -2.27. The number of rotatable bonds is 14. The Kier molecular flexibility index (Phi) is 16.7. The first-order valence-corrected chi connectivity index (χ1v) is 24.7. The Balaban J connectivity index is 0.000000310. The van der Waals surface area contributed by atoms with E-state index in [1.54, 1.807) is 0 Å². The highest BCUT2D eigenvalue weighted by atomic mass is 32.1. The quantitative estimate of drug-likeness (QED) is 0.0952. The van der Waals surface area contributed by atoms with Gasteiger partial charge in [0.1, 0.15) is 29.3 Å². The van der Waals surface area contributed by atoms with E-state index in [0.29, 0.717) is 0 Å². The molecule has 2 fully saturated rings. The van der Waals surface area contributed by atoms with Gasteiger partial charge in [-0.1, -0.05) is 26.1 Å². The molecule has 0 radical (unpaired) electrons. The Hall–Kier alpha value is -0.860. The summed E-state index contributed by atoms with van der Waals surface area (Å²) in [5.41, 5.74) is 5.28. The summed E-state index contributed by atoms with van der Waals surface area (Å²) in [4.78, 5) is 77.2. The van der Waals surface area contributed by atoms with E-state index in [4.69, 9.17) is 69.0 Å². The van der Waals surface area contributed by atoms with Gasteiger partial charge >= 0.3 is 46.9 Å². The molecule has 12 atom stereocenters. The van der Waals surface area contributed by atoms with Crippen molar-refractivity contribution >= 4 is 89.4 Å². The molecule has 2 saturated heterocycles. The fourth-order valence-electron chi connectivity index (χ4n) is 4.48. The average Bonchev–Trinajstić information content (AvgIpc) is 3.41. The minimum absolute atomic E-state index is 0.112. The molecule has 0 spiro atoms. The summed E-state index contributed by atoms with van der Waals surface area (Å²) >= 11 is 14.6. The van der Waals surface area contributed by atoms with Crippen LogP contribution in [0.4, 0.5) is 14.6 Å². The summed E-state index contributed by atoms with van der Waals surface area (Å²) in [5, 5.41) is 20.3. The number of nitrogens with two attached hydrogens (primary N) is 1. The van der Waals surface area contributed by atoms with Crippen molar-refractivity contribution in [2.75, 3.05) is 5.73 Å². The van der Waals surface area contributed by atoms with Crippen LogP contribution in [0.2, 0.25) is 0 Å². The molecule has 6 unspecified atom stereocenters. The smallest absolute Gasteiger partial charge is 0.387 e. The van der Waals surface area contributed by atoms with Crippen molar-refractivity contribution in [2.24, 2.45) is 11.8 Å². The molecule has 13 N–H and O–H groups in total. The van der Waals surface area contributed by atoms with Crippen LogP contribution in [-0.2, 0) is 63.2 Å². The standard InChI is InChI=1S/C9H15FN3O12P3S.C9H14FN2O12P3S2/c1-3-5(14)8(22-7(3)13-2-4(10)6(11)12-9(13)29)23-27(18,19)25-28(20,21)24-26(15,16)17;1-3-5(13)8(21-7(3)12-2-4(10)6(28)11-9(12)29)22-26(17,18)24-27(19,20)23-25(14,15)16/h2-3,5,7-8,14H,1H3,(H,18,19)(H,20,21)(H2,11,12,29)(H2,15,16,17);2-3,5,7-8,13H,1H3,(H,17,18)(H,19,20)(H,11,28,29)(H2,14,15,16)/t2*3?,5-,7-,8-/m11/s1. The molecule has 2 aromatic heterocycles. The third kappa shape index (κ3) is 14.6. The Labute approximate surface area is 335 Å². The number of aromatic nitrogens is 4. The number of aliphatic hydroxyl groups excluding tert-OH is 2. The molecular formula is C18H29F2N5O24P6S3. The van der Waals surface area contributed by atoms with Crippen LogP contribution in [0.5, 0.6) is 0 Å². The zero-order chi connectivity index (χ0) is 44.7. The summed E-state index contributed by atoms with van der Waals surface area (Å²) in [6.45, 7) is 2.75. The first-order valence-electron chi connectivity index (χ1n) is 14.4. The molecule has 0 saturated carbocycles. The third-order valence-electron chi connectivity index (χ3n) is 6.79. The number of ether oxygens (including phenoxy) is 2. The van der Waals surface area contributed by atoms with Crippen LogP contribution >= 0.6 is 83.6 Å². The van der Waals surface area contributed by atoms with Gasteiger partial charge in [-0.15, -0.1) is 0 Å². The fraction of sp³-hybridized carbons (Fsp3) is 0.556. The van der Waals surface area contributed by atoms with Crippen LogP contribution in [0.3, 0.4) is 0 Å². The topological polar surface area (TPSA) is 443 Å². The second-order valence-corrected chi connectivity index (χ2v) is 21.1. The Morgan fingerprint density at radius 2 is 1.07 bits per heavy atom. The predicted octanol–water partition coefficient (Wildman–Crippen LogP) is 2.14. The molecule has 0 amide bonds. The minimum Gasteiger partial charge on any atom is -0.387 e. The van der Waals surface area contributed by atoms with E-state index in [9.17, 15) is 56.2 Å². The number of aromatic amines is 1. The van der Waals surface area contributed by atoms with Crippen LogP contribution in [0, 0.1) is 37.7 Å². The number of hydrogen-bond acceptors (Lipinski definition) is 21. The molecule has 58 heavy (non-hydrogen) atoms. The van der Waals surface area contributed by atoms with Gasteiger partial charge in [-0.2, -0.15) is 22.2 Å². The molecule has 332 valence electrons. The maximum atomic E-state index is 13.7. The van der Waals surface area contributed by atoms with E-state index >= 15 is 0 Å². The Morgan fingerprint density at radius 1 is 0.690 bits per heavy atom. The lowest BCUT2D eigenvalue weighted by molar-refractivity contribution is -0.135. The largest absolute Gasteiger partial charge is 0.490 e. The summed E-state index contributed by atoms with van der Waals surface area (Å²) in [6.07, 6.45) is -8.04. The van der Waals surface area contributed by atoms with E-state index in [1.165, 1.54) is 13.8 Å². The van der Waals surface area contributed by atoms with Crippen LogP contribution < -0.4 is 5.73 Å². The molecule has 0 bridgehead atoms. The fourth-order valence-corrected chi connectivity index (χ4v) is 11.4. The van der Waals surface area contributed by atoms with Crippen molar-refractivity contribution in [3.8, 4) is 0 Å². The highest BCUT2D eigenvalue weighted by Crippen LogP contribution is 2.68. The zero-order valence-corrected chi connectivity index (χ0v) is 35.9. The Morgan fingerprint density at radius 3 is 1.47 bits per heavy atom. The first-order chi connectivity index (χ1) is 26.0. The maximum Gasteiger partial charge on any atom is 0.490 e. The van der Waals surface area contributed by atoms with E-state index in [-0.39, 0.29) is 14.2 Å². The number of anilines is 1. The molecule has 0 aliphatic carbocycles. The highest BCUT2D eigenvalue weighted by Gasteiger charge is 2.50. The van der Waals surface area contributed by atoms with Crippen molar-refractivity contribution in [1.82, 2.24) is 19.1 Å². The van der Waals surface area contributed by atoms with E-state index in [0.717, 1.165) is 21.5 Å². The van der Waals surface area contributed by atoms with Crippen molar-refractivity contribution in [3.63, 3.8) is 0 Å². The lowest BCUT2D eigenvalue weighted by atomic mass is 10.1. The number of halogens is 2. The molecular weight excluding hydrogens is 990 g/mol. The second-order valence-electron chi connectivity index (χ2n) is 11.2. The van der Waals surface area contributed by atoms with E-state index < -0.39 is 113 Å².